The van der Waals surface area contributed by atoms with Crippen LogP contribution in [-0.2, 0) is 0 Å². The number of likely N-dealkylation sites (N-methyl/N-ethyl adjacent to an activating group) is 1. The van der Waals surface area contributed by atoms with Crippen LogP contribution in [-0.4, -0.2) is 44.9 Å². The lowest BCUT2D eigenvalue weighted by Crippen LogP contribution is -2.36. The highest BCUT2D eigenvalue weighted by Crippen LogP contribution is 2.50. The maximum atomic E-state index is 6.39. The van der Waals surface area contributed by atoms with Crippen LogP contribution in [0.1, 0.15) is 48.8 Å². The molecule has 33 heavy (non-hydrogen) atoms. The van der Waals surface area contributed by atoms with Crippen molar-refractivity contribution in [3.8, 4) is 17.2 Å². The predicted molar refractivity (Wildman–Crippen MR) is 134 cm³/mol. The summed E-state index contributed by atoms with van der Waals surface area (Å²) in [5.74, 6) is 3.13. The second kappa shape index (κ2) is 9.88. The molecule has 3 aromatic carbocycles. The predicted octanol–water partition coefficient (Wildman–Crippen LogP) is 6.11. The van der Waals surface area contributed by atoms with Gasteiger partial charge in [-0.2, -0.15) is 0 Å². The first-order chi connectivity index (χ1) is 15.9. The molecular weight excluding hydrogens is 410 g/mol. The fourth-order valence-electron chi connectivity index (χ4n) is 4.75. The SMILES string of the molecule is COc1ccc2c(c1)OC(C)(C)CC2C(c1ccccc1)c1ccc(OCCN(C)C)cc1. The zero-order chi connectivity index (χ0) is 23.4. The molecule has 0 spiro atoms. The van der Waals surface area contributed by atoms with Gasteiger partial charge in [0.1, 0.15) is 29.5 Å². The van der Waals surface area contributed by atoms with Crippen molar-refractivity contribution >= 4 is 0 Å². The van der Waals surface area contributed by atoms with Crippen molar-refractivity contribution in [2.24, 2.45) is 0 Å². The minimum Gasteiger partial charge on any atom is -0.497 e. The Hall–Kier alpha value is -2.98. The molecule has 1 aliphatic rings. The molecule has 0 fully saturated rings. The van der Waals surface area contributed by atoms with Crippen LogP contribution in [0, 0.1) is 0 Å². The molecule has 0 saturated carbocycles. The largest absolute Gasteiger partial charge is 0.497 e. The van der Waals surface area contributed by atoms with Crippen LogP contribution in [0.15, 0.2) is 72.8 Å². The summed E-state index contributed by atoms with van der Waals surface area (Å²) < 4.78 is 17.8. The molecular formula is C29H35NO3. The number of rotatable bonds is 8. The van der Waals surface area contributed by atoms with Crippen LogP contribution in [0.2, 0.25) is 0 Å². The standard InChI is InChI=1S/C29H35NO3/c1-29(2)20-26(25-16-15-24(31-5)19-27(25)33-29)28(21-9-7-6-8-10-21)22-11-13-23(14-12-22)32-18-17-30(3)4/h6-16,19,26,28H,17-18,20H2,1-5H3. The zero-order valence-corrected chi connectivity index (χ0v) is 20.4. The first-order valence-corrected chi connectivity index (χ1v) is 11.7. The summed E-state index contributed by atoms with van der Waals surface area (Å²) in [5.41, 5.74) is 3.55. The highest BCUT2D eigenvalue weighted by Gasteiger charge is 2.39. The van der Waals surface area contributed by atoms with Crippen molar-refractivity contribution in [1.29, 1.82) is 0 Å². The Morgan fingerprint density at radius 1 is 0.939 bits per heavy atom. The average Bonchev–Trinajstić information content (AvgIpc) is 2.79. The second-order valence-corrected chi connectivity index (χ2v) is 9.69. The minimum absolute atomic E-state index is 0.206. The van der Waals surface area contributed by atoms with Gasteiger partial charge in [-0.05, 0) is 69.3 Å². The summed E-state index contributed by atoms with van der Waals surface area (Å²) >= 11 is 0. The summed E-state index contributed by atoms with van der Waals surface area (Å²) in [5, 5.41) is 0. The number of methoxy groups -OCH3 is 1. The summed E-state index contributed by atoms with van der Waals surface area (Å²) in [6.07, 6.45) is 0.924. The van der Waals surface area contributed by atoms with Crippen LogP contribution in [0.5, 0.6) is 17.2 Å². The zero-order valence-electron chi connectivity index (χ0n) is 20.4. The van der Waals surface area contributed by atoms with Crippen LogP contribution >= 0.6 is 0 Å². The third kappa shape index (κ3) is 5.51. The molecule has 1 heterocycles. The van der Waals surface area contributed by atoms with E-state index in [9.17, 15) is 0 Å². The lowest BCUT2D eigenvalue weighted by Gasteiger charge is -2.41. The lowest BCUT2D eigenvalue weighted by atomic mass is 9.71. The molecule has 2 unspecified atom stereocenters. The Balaban J connectivity index is 1.72. The van der Waals surface area contributed by atoms with Gasteiger partial charge in [0.05, 0.1) is 7.11 Å². The van der Waals surface area contributed by atoms with E-state index in [1.807, 2.05) is 12.1 Å². The van der Waals surface area contributed by atoms with E-state index in [2.05, 4.69) is 93.5 Å². The molecule has 4 nitrogen and oxygen atoms in total. The summed E-state index contributed by atoms with van der Waals surface area (Å²) in [6.45, 7) is 5.92. The van der Waals surface area contributed by atoms with Gasteiger partial charge in [0.2, 0.25) is 0 Å². The van der Waals surface area contributed by atoms with E-state index < -0.39 is 0 Å². The molecule has 3 aromatic rings. The van der Waals surface area contributed by atoms with Gasteiger partial charge in [0, 0.05) is 24.4 Å². The monoisotopic (exact) mass is 445 g/mol. The smallest absolute Gasteiger partial charge is 0.127 e. The Bertz CT molecular complexity index is 1040. The molecule has 1 aliphatic heterocycles. The number of ether oxygens (including phenoxy) is 3. The summed E-state index contributed by atoms with van der Waals surface area (Å²) in [4.78, 5) is 2.12. The fraction of sp³-hybridized carbons (Fsp3) is 0.379. The van der Waals surface area contributed by atoms with E-state index in [1.165, 1.54) is 16.7 Å². The number of hydrogen-bond acceptors (Lipinski definition) is 4. The number of nitrogens with zero attached hydrogens (tertiary/aromatic N) is 1. The van der Waals surface area contributed by atoms with Gasteiger partial charge >= 0.3 is 0 Å². The van der Waals surface area contributed by atoms with E-state index in [-0.39, 0.29) is 17.4 Å². The van der Waals surface area contributed by atoms with Gasteiger partial charge in [-0.1, -0.05) is 48.5 Å². The van der Waals surface area contributed by atoms with E-state index >= 15 is 0 Å². The van der Waals surface area contributed by atoms with Gasteiger partial charge in [0.25, 0.3) is 0 Å². The molecule has 0 aliphatic carbocycles. The first kappa shape index (κ1) is 23.2. The van der Waals surface area contributed by atoms with E-state index in [4.69, 9.17) is 14.2 Å². The van der Waals surface area contributed by atoms with E-state index in [1.54, 1.807) is 7.11 Å². The topological polar surface area (TPSA) is 30.9 Å². The van der Waals surface area contributed by atoms with Crippen molar-refractivity contribution in [3.05, 3.63) is 89.5 Å². The third-order valence-corrected chi connectivity index (χ3v) is 6.33. The second-order valence-electron chi connectivity index (χ2n) is 9.69. The van der Waals surface area contributed by atoms with Gasteiger partial charge in [-0.25, -0.2) is 0 Å². The summed E-state index contributed by atoms with van der Waals surface area (Å²) in [6, 6.07) is 25.7. The molecule has 0 bridgehead atoms. The molecule has 0 N–H and O–H groups in total. The van der Waals surface area contributed by atoms with Crippen molar-refractivity contribution in [1.82, 2.24) is 4.90 Å². The van der Waals surface area contributed by atoms with Crippen molar-refractivity contribution < 1.29 is 14.2 Å². The fourth-order valence-corrected chi connectivity index (χ4v) is 4.75. The van der Waals surface area contributed by atoms with Crippen LogP contribution in [0.25, 0.3) is 0 Å². The van der Waals surface area contributed by atoms with Crippen LogP contribution in [0.3, 0.4) is 0 Å². The average molecular weight is 446 g/mol. The number of fused-ring (bicyclic) bond motifs is 1. The molecule has 0 saturated heterocycles. The lowest BCUT2D eigenvalue weighted by molar-refractivity contribution is 0.0689. The van der Waals surface area contributed by atoms with Crippen molar-refractivity contribution in [2.45, 2.75) is 37.7 Å². The van der Waals surface area contributed by atoms with E-state index in [0.29, 0.717) is 6.61 Å². The van der Waals surface area contributed by atoms with Gasteiger partial charge in [0.15, 0.2) is 0 Å². The number of benzene rings is 3. The maximum absolute atomic E-state index is 6.39. The van der Waals surface area contributed by atoms with Crippen LogP contribution in [0.4, 0.5) is 0 Å². The van der Waals surface area contributed by atoms with Gasteiger partial charge in [-0.15, -0.1) is 0 Å². The molecule has 4 rings (SSSR count). The third-order valence-electron chi connectivity index (χ3n) is 6.33. The Kier molecular flexibility index (Phi) is 6.94. The number of hydrogen-bond donors (Lipinski definition) is 0. The van der Waals surface area contributed by atoms with Crippen molar-refractivity contribution in [3.63, 3.8) is 0 Å². The first-order valence-electron chi connectivity index (χ1n) is 11.7. The van der Waals surface area contributed by atoms with E-state index in [0.717, 1.165) is 30.2 Å². The molecule has 0 aromatic heterocycles. The molecule has 0 amide bonds. The quantitative estimate of drug-likeness (QED) is 0.418. The highest BCUT2D eigenvalue weighted by molar-refractivity contribution is 5.49. The normalized spacial score (nSPS) is 17.7. The Morgan fingerprint density at radius 3 is 2.27 bits per heavy atom. The maximum Gasteiger partial charge on any atom is 0.127 e. The van der Waals surface area contributed by atoms with Gasteiger partial charge < -0.3 is 19.1 Å². The van der Waals surface area contributed by atoms with Gasteiger partial charge in [-0.3, -0.25) is 0 Å². The Labute approximate surface area is 198 Å². The van der Waals surface area contributed by atoms with Crippen molar-refractivity contribution in [2.75, 3.05) is 34.4 Å². The molecule has 0 radical (unpaired) electrons. The molecule has 2 atom stereocenters. The summed E-state index contributed by atoms with van der Waals surface area (Å²) in [7, 11) is 5.81. The van der Waals surface area contributed by atoms with Crippen LogP contribution < -0.4 is 14.2 Å². The minimum atomic E-state index is -0.272. The molecule has 4 heteroatoms. The Morgan fingerprint density at radius 2 is 1.61 bits per heavy atom. The molecule has 174 valence electrons. The highest BCUT2D eigenvalue weighted by atomic mass is 16.5.